The van der Waals surface area contributed by atoms with Crippen LogP contribution in [-0.4, -0.2) is 25.1 Å². The van der Waals surface area contributed by atoms with E-state index < -0.39 is 0 Å². The van der Waals surface area contributed by atoms with Crippen LogP contribution in [0, 0.1) is 11.8 Å². The van der Waals surface area contributed by atoms with Crippen LogP contribution in [0.1, 0.15) is 57.4 Å². The Balaban J connectivity index is 2.33. The lowest BCUT2D eigenvalue weighted by atomic mass is 9.92. The maximum absolute atomic E-state index is 6.60. The molecule has 2 nitrogen and oxygen atoms in total. The van der Waals surface area contributed by atoms with Crippen LogP contribution in [0.4, 0.5) is 0 Å². The SMILES string of the molecule is CC(C)Cc1cccc(OC(C)C(c2ccccc2)N(C)C)c1CC(C)C. The van der Waals surface area contributed by atoms with Gasteiger partial charge in [0.25, 0.3) is 0 Å². The van der Waals surface area contributed by atoms with E-state index in [1.807, 2.05) is 0 Å². The van der Waals surface area contributed by atoms with Crippen molar-refractivity contribution in [1.82, 2.24) is 4.90 Å². The van der Waals surface area contributed by atoms with Crippen LogP contribution in [0.2, 0.25) is 0 Å². The molecule has 2 aromatic rings. The lowest BCUT2D eigenvalue weighted by Gasteiger charge is -2.32. The Hall–Kier alpha value is -1.80. The largest absolute Gasteiger partial charge is 0.488 e. The van der Waals surface area contributed by atoms with Crippen molar-refractivity contribution in [3.63, 3.8) is 0 Å². The molecule has 148 valence electrons. The summed E-state index contributed by atoms with van der Waals surface area (Å²) in [7, 11) is 4.25. The highest BCUT2D eigenvalue weighted by atomic mass is 16.5. The molecular weight excluding hydrogens is 330 g/mol. The Labute approximate surface area is 166 Å². The predicted octanol–water partition coefficient (Wildman–Crippen LogP) is 6.15. The Morgan fingerprint density at radius 3 is 1.96 bits per heavy atom. The van der Waals surface area contributed by atoms with Crippen LogP contribution in [0.3, 0.4) is 0 Å². The number of rotatable bonds is 9. The second-order valence-corrected chi connectivity index (χ2v) is 8.73. The summed E-state index contributed by atoms with van der Waals surface area (Å²) in [4.78, 5) is 2.25. The molecule has 0 radical (unpaired) electrons. The maximum Gasteiger partial charge on any atom is 0.123 e. The summed E-state index contributed by atoms with van der Waals surface area (Å²) in [5, 5.41) is 0. The van der Waals surface area contributed by atoms with Gasteiger partial charge in [-0.15, -0.1) is 0 Å². The molecule has 0 amide bonds. The molecule has 2 unspecified atom stereocenters. The normalized spacial score (nSPS) is 14.0. The van der Waals surface area contributed by atoms with Crippen molar-refractivity contribution in [2.75, 3.05) is 14.1 Å². The first-order chi connectivity index (χ1) is 12.8. The molecule has 2 atom stereocenters. The Bertz CT molecular complexity index is 691. The minimum absolute atomic E-state index is 0.0580. The molecule has 2 heteroatoms. The standard InChI is InChI=1S/C25H37NO/c1-18(2)16-22-14-11-15-24(23(22)17-19(3)4)27-20(5)25(26(6)7)21-12-9-8-10-13-21/h8-15,18-20,25H,16-17H2,1-7H3. The molecular formula is C25H37NO. The first-order valence-electron chi connectivity index (χ1n) is 10.3. The second kappa shape index (κ2) is 9.94. The Kier molecular flexibility index (Phi) is 7.91. The summed E-state index contributed by atoms with van der Waals surface area (Å²) in [6.07, 6.45) is 2.22. The van der Waals surface area contributed by atoms with E-state index in [2.05, 4.69) is 102 Å². The summed E-state index contributed by atoms with van der Waals surface area (Å²) in [6.45, 7) is 11.3. The van der Waals surface area contributed by atoms with E-state index in [1.165, 1.54) is 16.7 Å². The van der Waals surface area contributed by atoms with Gasteiger partial charge >= 0.3 is 0 Å². The van der Waals surface area contributed by atoms with Gasteiger partial charge in [-0.3, -0.25) is 4.90 Å². The molecule has 0 saturated heterocycles. The molecule has 0 bridgehead atoms. The molecule has 0 fully saturated rings. The zero-order valence-electron chi connectivity index (χ0n) is 18.2. The monoisotopic (exact) mass is 367 g/mol. The van der Waals surface area contributed by atoms with Crippen LogP contribution in [0.25, 0.3) is 0 Å². The zero-order chi connectivity index (χ0) is 20.0. The fraction of sp³-hybridized carbons (Fsp3) is 0.520. The molecule has 0 saturated carbocycles. The first kappa shape index (κ1) is 21.5. The van der Waals surface area contributed by atoms with Crippen molar-refractivity contribution >= 4 is 0 Å². The number of hydrogen-bond donors (Lipinski definition) is 0. The van der Waals surface area contributed by atoms with Crippen LogP contribution >= 0.6 is 0 Å². The summed E-state index contributed by atoms with van der Waals surface area (Å²) >= 11 is 0. The molecule has 0 heterocycles. The first-order valence-corrected chi connectivity index (χ1v) is 10.3. The summed E-state index contributed by atoms with van der Waals surface area (Å²) in [5.41, 5.74) is 4.11. The molecule has 27 heavy (non-hydrogen) atoms. The summed E-state index contributed by atoms with van der Waals surface area (Å²) in [6, 6.07) is 17.4. The number of hydrogen-bond acceptors (Lipinski definition) is 2. The third-order valence-electron chi connectivity index (χ3n) is 4.93. The number of ether oxygens (including phenoxy) is 1. The fourth-order valence-electron chi connectivity index (χ4n) is 3.90. The van der Waals surface area contributed by atoms with E-state index in [0.29, 0.717) is 11.8 Å². The number of likely N-dealkylation sites (N-methyl/N-ethyl adjacent to an activating group) is 1. The van der Waals surface area contributed by atoms with Crippen LogP contribution < -0.4 is 4.74 Å². The van der Waals surface area contributed by atoms with Gasteiger partial charge in [0.05, 0.1) is 6.04 Å². The Morgan fingerprint density at radius 1 is 0.778 bits per heavy atom. The lowest BCUT2D eigenvalue weighted by Crippen LogP contribution is -2.33. The Morgan fingerprint density at radius 2 is 1.41 bits per heavy atom. The highest BCUT2D eigenvalue weighted by Gasteiger charge is 2.24. The molecule has 0 aliphatic rings. The van der Waals surface area contributed by atoms with E-state index in [9.17, 15) is 0 Å². The molecule has 2 aromatic carbocycles. The molecule has 0 spiro atoms. The van der Waals surface area contributed by atoms with Crippen LogP contribution in [0.5, 0.6) is 5.75 Å². The second-order valence-electron chi connectivity index (χ2n) is 8.73. The highest BCUT2D eigenvalue weighted by Crippen LogP contribution is 2.31. The van der Waals surface area contributed by atoms with Crippen molar-refractivity contribution < 1.29 is 4.74 Å². The molecule has 0 aromatic heterocycles. The molecule has 2 rings (SSSR count). The maximum atomic E-state index is 6.60. The minimum atomic E-state index is 0.0580. The molecule has 0 N–H and O–H groups in total. The van der Waals surface area contributed by atoms with E-state index in [0.717, 1.165) is 18.6 Å². The quantitative estimate of drug-likeness (QED) is 0.527. The van der Waals surface area contributed by atoms with Crippen molar-refractivity contribution in [3.8, 4) is 5.75 Å². The average molecular weight is 368 g/mol. The van der Waals surface area contributed by atoms with Gasteiger partial charge in [-0.1, -0.05) is 70.2 Å². The van der Waals surface area contributed by atoms with Crippen molar-refractivity contribution in [3.05, 3.63) is 65.2 Å². The van der Waals surface area contributed by atoms with Gasteiger partial charge in [0.1, 0.15) is 11.9 Å². The number of benzene rings is 2. The van der Waals surface area contributed by atoms with Crippen molar-refractivity contribution in [2.45, 2.75) is 59.6 Å². The van der Waals surface area contributed by atoms with E-state index >= 15 is 0 Å². The minimum Gasteiger partial charge on any atom is -0.488 e. The van der Waals surface area contributed by atoms with Crippen LogP contribution in [-0.2, 0) is 12.8 Å². The summed E-state index contributed by atoms with van der Waals surface area (Å²) in [5.74, 6) is 2.30. The van der Waals surface area contributed by atoms with Crippen molar-refractivity contribution in [1.29, 1.82) is 0 Å². The molecule has 0 aliphatic carbocycles. The fourth-order valence-corrected chi connectivity index (χ4v) is 3.90. The van der Waals surface area contributed by atoms with Gasteiger partial charge in [0.15, 0.2) is 0 Å². The average Bonchev–Trinajstić information content (AvgIpc) is 2.57. The van der Waals surface area contributed by atoms with Gasteiger partial charge in [0.2, 0.25) is 0 Å². The lowest BCUT2D eigenvalue weighted by molar-refractivity contribution is 0.109. The predicted molar refractivity (Wildman–Crippen MR) is 116 cm³/mol. The third-order valence-corrected chi connectivity index (χ3v) is 4.93. The van der Waals surface area contributed by atoms with Crippen molar-refractivity contribution in [2.24, 2.45) is 11.8 Å². The smallest absolute Gasteiger partial charge is 0.123 e. The highest BCUT2D eigenvalue weighted by molar-refractivity contribution is 5.41. The van der Waals surface area contributed by atoms with E-state index in [1.54, 1.807) is 0 Å². The third kappa shape index (κ3) is 6.10. The molecule has 0 aliphatic heterocycles. The topological polar surface area (TPSA) is 12.5 Å². The van der Waals surface area contributed by atoms with E-state index in [-0.39, 0.29) is 12.1 Å². The van der Waals surface area contributed by atoms with Gasteiger partial charge < -0.3 is 4.74 Å². The summed E-state index contributed by atoms with van der Waals surface area (Å²) < 4.78 is 6.60. The van der Waals surface area contributed by atoms with Crippen LogP contribution in [0.15, 0.2) is 48.5 Å². The van der Waals surface area contributed by atoms with Gasteiger partial charge in [0, 0.05) is 0 Å². The number of nitrogens with zero attached hydrogens (tertiary/aromatic N) is 1. The van der Waals surface area contributed by atoms with Gasteiger partial charge in [-0.2, -0.15) is 0 Å². The van der Waals surface area contributed by atoms with Gasteiger partial charge in [-0.05, 0) is 68.5 Å². The van der Waals surface area contributed by atoms with E-state index in [4.69, 9.17) is 4.74 Å². The van der Waals surface area contributed by atoms with Gasteiger partial charge in [-0.25, -0.2) is 0 Å². The zero-order valence-corrected chi connectivity index (χ0v) is 18.2.